The lowest BCUT2D eigenvalue weighted by molar-refractivity contribution is -0.122. The van der Waals surface area contributed by atoms with Crippen molar-refractivity contribution in [3.63, 3.8) is 0 Å². The summed E-state index contributed by atoms with van der Waals surface area (Å²) in [6, 6.07) is 13.1. The second-order valence-corrected chi connectivity index (χ2v) is 16.1. The van der Waals surface area contributed by atoms with E-state index < -0.39 is 22.2 Å². The zero-order chi connectivity index (χ0) is 33.9. The molecule has 46 heavy (non-hydrogen) atoms. The average Bonchev–Trinajstić information content (AvgIpc) is 3.32. The number of aromatic nitrogens is 1. The number of sulfonamides is 1. The van der Waals surface area contributed by atoms with Crippen molar-refractivity contribution >= 4 is 39.0 Å². The molecule has 252 valence electrons. The van der Waals surface area contributed by atoms with Crippen molar-refractivity contribution in [2.75, 3.05) is 23.7 Å². The van der Waals surface area contributed by atoms with Gasteiger partial charge in [0, 0.05) is 43.3 Å². The van der Waals surface area contributed by atoms with E-state index in [0.717, 1.165) is 34.9 Å². The molecule has 0 spiro atoms. The molecule has 0 radical (unpaired) electrons. The van der Waals surface area contributed by atoms with E-state index in [1.807, 2.05) is 49.5 Å². The summed E-state index contributed by atoms with van der Waals surface area (Å²) in [4.78, 5) is 22.3. The Labute approximate surface area is 273 Å². The second kappa shape index (κ2) is 14.1. The van der Waals surface area contributed by atoms with Gasteiger partial charge in [0.05, 0.1) is 29.1 Å². The molecule has 2 aromatic carbocycles. The number of hydrogen-bond donors (Lipinski definition) is 4. The van der Waals surface area contributed by atoms with Crippen molar-refractivity contribution in [2.45, 2.75) is 91.5 Å². The quantitative estimate of drug-likeness (QED) is 0.248. The van der Waals surface area contributed by atoms with E-state index in [2.05, 4.69) is 42.9 Å². The van der Waals surface area contributed by atoms with Gasteiger partial charge in [-0.15, -0.1) is 0 Å². The van der Waals surface area contributed by atoms with Gasteiger partial charge in [0.25, 0.3) is 12.4 Å². The van der Waals surface area contributed by atoms with Gasteiger partial charge in [-0.2, -0.15) is 0 Å². The molecule has 4 N–H and O–H groups in total. The first-order valence-electron chi connectivity index (χ1n) is 16.1. The molecule has 2 atom stereocenters. The highest BCUT2D eigenvalue weighted by atomic mass is 32.2. The fourth-order valence-corrected chi connectivity index (χ4v) is 8.72. The van der Waals surface area contributed by atoms with Crippen molar-refractivity contribution in [1.29, 1.82) is 0 Å². The molecule has 1 fully saturated rings. The molecule has 1 amide bonds. The van der Waals surface area contributed by atoms with Crippen molar-refractivity contribution < 1.29 is 28.2 Å². The Bertz CT molecular complexity index is 1620. The molecule has 0 bridgehead atoms. The Morgan fingerprint density at radius 1 is 1.11 bits per heavy atom. The van der Waals surface area contributed by atoms with Gasteiger partial charge in [0.15, 0.2) is 0 Å². The van der Waals surface area contributed by atoms with Crippen LogP contribution in [0.25, 0.3) is 10.9 Å². The SMILES string of the molecule is CCn1cc2c3c(cc(C(=O)N[C@@H](Cc4ccccc4)[C@H](O)CNC4C(C)(C)CCCC4(C)C)cc31)N(C)S(=O)(=O)CC2.O=CO. The Morgan fingerprint density at radius 3 is 2.35 bits per heavy atom. The van der Waals surface area contributed by atoms with E-state index in [1.165, 1.54) is 10.7 Å². The van der Waals surface area contributed by atoms with Gasteiger partial charge in [0.2, 0.25) is 10.0 Å². The van der Waals surface area contributed by atoms with Crippen LogP contribution in [0.3, 0.4) is 0 Å². The van der Waals surface area contributed by atoms with Crippen LogP contribution < -0.4 is 14.9 Å². The number of hydrogen-bond acceptors (Lipinski definition) is 6. The van der Waals surface area contributed by atoms with Crippen molar-refractivity contribution in [3.05, 3.63) is 65.4 Å². The van der Waals surface area contributed by atoms with E-state index in [0.29, 0.717) is 37.2 Å². The summed E-state index contributed by atoms with van der Waals surface area (Å²) in [6.07, 6.45) is 5.52. The summed E-state index contributed by atoms with van der Waals surface area (Å²) in [5.74, 6) is -0.313. The van der Waals surface area contributed by atoms with E-state index in [1.54, 1.807) is 13.1 Å². The third-order valence-electron chi connectivity index (χ3n) is 9.84. The highest BCUT2D eigenvalue weighted by molar-refractivity contribution is 7.92. The molecule has 1 aromatic heterocycles. The van der Waals surface area contributed by atoms with Crippen LogP contribution in [0.15, 0.2) is 48.7 Å². The molecule has 1 saturated carbocycles. The zero-order valence-electron chi connectivity index (χ0n) is 27.9. The maximum atomic E-state index is 13.9. The number of aliphatic hydroxyl groups is 1. The van der Waals surface area contributed by atoms with Crippen LogP contribution >= 0.6 is 0 Å². The lowest BCUT2D eigenvalue weighted by Gasteiger charge is -2.50. The van der Waals surface area contributed by atoms with Crippen molar-refractivity contribution in [1.82, 2.24) is 15.2 Å². The van der Waals surface area contributed by atoms with E-state index >= 15 is 0 Å². The molecule has 1 aliphatic carbocycles. The first-order chi connectivity index (χ1) is 21.6. The number of nitrogens with zero attached hydrogens (tertiary/aromatic N) is 2. The van der Waals surface area contributed by atoms with Crippen LogP contribution in [-0.2, 0) is 34.2 Å². The smallest absolute Gasteiger partial charge is 0.290 e. The normalized spacial score (nSPS) is 19.8. The van der Waals surface area contributed by atoms with Gasteiger partial charge in [-0.05, 0) is 66.7 Å². The van der Waals surface area contributed by atoms with Crippen LogP contribution in [0.5, 0.6) is 0 Å². The monoisotopic (exact) mass is 654 g/mol. The summed E-state index contributed by atoms with van der Waals surface area (Å²) < 4.78 is 29.4. The van der Waals surface area contributed by atoms with E-state index in [9.17, 15) is 18.3 Å². The molecule has 0 saturated heterocycles. The van der Waals surface area contributed by atoms with Crippen molar-refractivity contribution in [3.8, 4) is 0 Å². The number of aryl methyl sites for hydroxylation is 2. The number of anilines is 1. The zero-order valence-corrected chi connectivity index (χ0v) is 28.7. The van der Waals surface area contributed by atoms with Gasteiger partial charge in [-0.3, -0.25) is 13.9 Å². The molecule has 2 heterocycles. The molecule has 1 aliphatic heterocycles. The summed E-state index contributed by atoms with van der Waals surface area (Å²) in [5, 5.41) is 26.2. The number of amides is 1. The number of carbonyl (C=O) groups is 2. The minimum Gasteiger partial charge on any atom is -0.483 e. The minimum atomic E-state index is -3.51. The first-order valence-corrected chi connectivity index (χ1v) is 17.7. The van der Waals surface area contributed by atoms with Gasteiger partial charge in [0.1, 0.15) is 0 Å². The summed E-state index contributed by atoms with van der Waals surface area (Å²) in [5.41, 5.74) is 3.91. The van der Waals surface area contributed by atoms with Crippen molar-refractivity contribution in [2.24, 2.45) is 10.8 Å². The predicted molar refractivity (Wildman–Crippen MR) is 183 cm³/mol. The van der Waals surface area contributed by atoms with Gasteiger partial charge >= 0.3 is 0 Å². The predicted octanol–water partition coefficient (Wildman–Crippen LogP) is 4.58. The molecular weight excluding hydrogens is 604 g/mol. The molecule has 3 aromatic rings. The maximum absolute atomic E-state index is 13.9. The summed E-state index contributed by atoms with van der Waals surface area (Å²) in [7, 11) is -1.95. The average molecular weight is 655 g/mol. The Kier molecular flexibility index (Phi) is 10.9. The number of rotatable bonds is 9. The Balaban J connectivity index is 0.00000154. The molecular formula is C35H50N4O6S. The summed E-state index contributed by atoms with van der Waals surface area (Å²) in [6.45, 7) is 12.0. The standard InChI is InChI=1S/C34H48N4O4S.CH2O2/c1-7-38-22-24-14-17-43(41,42)37(6)27-19-25(20-28(38)30(24)27)31(40)36-26(18-23-12-9-8-10-13-23)29(39)21-35-32-33(2,3)15-11-16-34(32,4)5;2-1-3/h8-10,12-13,19-20,22,26,29,32,35,39H,7,11,14-18,21H2,1-6H3,(H,36,40);1H,(H,2,3)/t26-,29+;/m0./s1. The molecule has 5 rings (SSSR count). The van der Waals surface area contributed by atoms with Crippen LogP contribution in [0.4, 0.5) is 5.69 Å². The molecule has 10 nitrogen and oxygen atoms in total. The minimum absolute atomic E-state index is 0.0233. The Hall–Kier alpha value is -3.41. The van der Waals surface area contributed by atoms with Crippen LogP contribution in [-0.4, -0.2) is 73.1 Å². The second-order valence-electron chi connectivity index (χ2n) is 14.0. The topological polar surface area (TPSA) is 141 Å². The third-order valence-corrected chi connectivity index (χ3v) is 11.6. The fraction of sp³-hybridized carbons (Fsp3) is 0.543. The highest BCUT2D eigenvalue weighted by Crippen LogP contribution is 2.46. The van der Waals surface area contributed by atoms with Crippen LogP contribution in [0.2, 0.25) is 0 Å². The lowest BCUT2D eigenvalue weighted by Crippen LogP contribution is -2.57. The van der Waals surface area contributed by atoms with E-state index in [-0.39, 0.29) is 35.0 Å². The summed E-state index contributed by atoms with van der Waals surface area (Å²) >= 11 is 0. The van der Waals surface area contributed by atoms with Crippen LogP contribution in [0.1, 0.15) is 75.4 Å². The van der Waals surface area contributed by atoms with Gasteiger partial charge in [-0.25, -0.2) is 8.42 Å². The molecule has 11 heteroatoms. The third kappa shape index (κ3) is 7.58. The van der Waals surface area contributed by atoms with Gasteiger partial charge in [-0.1, -0.05) is 64.4 Å². The number of aliphatic hydroxyl groups excluding tert-OH is 1. The number of benzene rings is 2. The number of carbonyl (C=O) groups excluding carboxylic acids is 1. The largest absolute Gasteiger partial charge is 0.483 e. The highest BCUT2D eigenvalue weighted by Gasteiger charge is 2.44. The van der Waals surface area contributed by atoms with Crippen LogP contribution in [0, 0.1) is 10.8 Å². The molecule has 0 unspecified atom stereocenters. The number of carboxylic acid groups (broad SMARTS) is 1. The van der Waals surface area contributed by atoms with Gasteiger partial charge < -0.3 is 25.4 Å². The lowest BCUT2D eigenvalue weighted by atomic mass is 9.61. The number of nitrogens with one attached hydrogen (secondary N) is 2. The van der Waals surface area contributed by atoms with E-state index in [4.69, 9.17) is 9.90 Å². The fourth-order valence-electron chi connectivity index (χ4n) is 7.53. The maximum Gasteiger partial charge on any atom is 0.290 e. The first kappa shape index (κ1) is 35.4. The Morgan fingerprint density at radius 2 is 1.74 bits per heavy atom. The molecule has 2 aliphatic rings.